The normalized spacial score (nSPS) is 31.7. The largest absolute Gasteiger partial charge is 0.481 e. The molecule has 0 radical (unpaired) electrons. The van der Waals surface area contributed by atoms with Gasteiger partial charge in [-0.05, 0) is 39.5 Å². The first-order valence-corrected chi connectivity index (χ1v) is 5.96. The summed E-state index contributed by atoms with van der Waals surface area (Å²) in [5.41, 5.74) is -1.23. The van der Waals surface area contributed by atoms with Crippen molar-refractivity contribution in [2.45, 2.75) is 39.2 Å². The number of carboxylic acid groups (broad SMARTS) is 1. The summed E-state index contributed by atoms with van der Waals surface area (Å²) in [6, 6.07) is 0. The van der Waals surface area contributed by atoms with E-state index in [1.807, 2.05) is 20.8 Å². The van der Waals surface area contributed by atoms with Gasteiger partial charge in [-0.3, -0.25) is 4.79 Å². The third-order valence-electron chi connectivity index (χ3n) is 3.71. The SMILES string of the molecule is CC(C)(C)OC(=O)N1CC2CCC2(C(=O)O)C1. The number of likely N-dealkylation sites (tertiary alicyclic amines) is 1. The van der Waals surface area contributed by atoms with Gasteiger partial charge in [0, 0.05) is 13.1 Å². The highest BCUT2D eigenvalue weighted by atomic mass is 16.6. The van der Waals surface area contributed by atoms with Crippen LogP contribution in [0.1, 0.15) is 33.6 Å². The van der Waals surface area contributed by atoms with Gasteiger partial charge in [0.05, 0.1) is 5.41 Å². The highest BCUT2D eigenvalue weighted by Gasteiger charge is 2.59. The lowest BCUT2D eigenvalue weighted by Gasteiger charge is -2.39. The van der Waals surface area contributed by atoms with Crippen LogP contribution in [0.5, 0.6) is 0 Å². The topological polar surface area (TPSA) is 66.8 Å². The fourth-order valence-corrected chi connectivity index (χ4v) is 2.66. The number of aliphatic carboxylic acids is 1. The van der Waals surface area contributed by atoms with E-state index in [4.69, 9.17) is 4.74 Å². The monoisotopic (exact) mass is 241 g/mol. The fourth-order valence-electron chi connectivity index (χ4n) is 2.66. The van der Waals surface area contributed by atoms with Gasteiger partial charge >= 0.3 is 12.1 Å². The van der Waals surface area contributed by atoms with Crippen LogP contribution in [0.15, 0.2) is 0 Å². The Balaban J connectivity index is 2.03. The Morgan fingerprint density at radius 2 is 2.06 bits per heavy atom. The highest BCUT2D eigenvalue weighted by Crippen LogP contribution is 2.52. The van der Waals surface area contributed by atoms with Crippen molar-refractivity contribution in [3.63, 3.8) is 0 Å². The van der Waals surface area contributed by atoms with Crippen LogP contribution in [0.25, 0.3) is 0 Å². The lowest BCUT2D eigenvalue weighted by molar-refractivity contribution is -0.156. The number of nitrogens with zero attached hydrogens (tertiary/aromatic N) is 1. The van der Waals surface area contributed by atoms with E-state index in [0.29, 0.717) is 19.5 Å². The fraction of sp³-hybridized carbons (Fsp3) is 0.833. The van der Waals surface area contributed by atoms with Crippen LogP contribution in [-0.2, 0) is 9.53 Å². The molecular formula is C12H19NO4. The van der Waals surface area contributed by atoms with Gasteiger partial charge in [-0.15, -0.1) is 0 Å². The first-order chi connectivity index (χ1) is 7.74. The summed E-state index contributed by atoms with van der Waals surface area (Å²) in [7, 11) is 0. The van der Waals surface area contributed by atoms with Crippen LogP contribution >= 0.6 is 0 Å². The Bertz CT molecular complexity index is 360. The summed E-state index contributed by atoms with van der Waals surface area (Å²) in [4.78, 5) is 24.7. The number of carbonyl (C=O) groups is 2. The van der Waals surface area contributed by atoms with Gasteiger partial charge in [-0.2, -0.15) is 0 Å². The predicted octanol–water partition coefficient (Wildman–Crippen LogP) is 1.72. The first-order valence-electron chi connectivity index (χ1n) is 5.96. The van der Waals surface area contributed by atoms with E-state index in [1.54, 1.807) is 0 Å². The zero-order valence-electron chi connectivity index (χ0n) is 10.5. The third kappa shape index (κ3) is 1.98. The van der Waals surface area contributed by atoms with Gasteiger partial charge in [-0.1, -0.05) is 0 Å². The Morgan fingerprint density at radius 3 is 2.41 bits per heavy atom. The molecule has 96 valence electrons. The summed E-state index contributed by atoms with van der Waals surface area (Å²) < 4.78 is 5.26. The van der Waals surface area contributed by atoms with Crippen LogP contribution in [-0.4, -0.2) is 40.8 Å². The van der Waals surface area contributed by atoms with E-state index in [1.165, 1.54) is 4.90 Å². The third-order valence-corrected chi connectivity index (χ3v) is 3.71. The predicted molar refractivity (Wildman–Crippen MR) is 60.6 cm³/mol. The molecule has 2 rings (SSSR count). The van der Waals surface area contributed by atoms with Gasteiger partial charge in [0.15, 0.2) is 0 Å². The number of hydrogen-bond donors (Lipinski definition) is 1. The van der Waals surface area contributed by atoms with Gasteiger partial charge in [0.1, 0.15) is 5.60 Å². The molecule has 0 aromatic rings. The molecule has 0 aromatic heterocycles. The van der Waals surface area contributed by atoms with Gasteiger partial charge < -0.3 is 14.7 Å². The molecule has 2 unspecified atom stereocenters. The van der Waals surface area contributed by atoms with Crippen molar-refractivity contribution in [2.75, 3.05) is 13.1 Å². The molecule has 1 aliphatic heterocycles. The first kappa shape index (κ1) is 12.2. The molecule has 5 heteroatoms. The molecule has 1 amide bonds. The minimum Gasteiger partial charge on any atom is -0.481 e. The zero-order valence-corrected chi connectivity index (χ0v) is 10.5. The maximum absolute atomic E-state index is 11.9. The molecule has 1 heterocycles. The molecule has 2 fully saturated rings. The molecule has 0 spiro atoms. The van der Waals surface area contributed by atoms with Gasteiger partial charge in [-0.25, -0.2) is 4.79 Å². The summed E-state index contributed by atoms with van der Waals surface area (Å²) in [5, 5.41) is 9.25. The van der Waals surface area contributed by atoms with Crippen molar-refractivity contribution in [1.82, 2.24) is 4.90 Å². The average molecular weight is 241 g/mol. The van der Waals surface area contributed by atoms with Crippen LogP contribution in [0.4, 0.5) is 4.79 Å². The van der Waals surface area contributed by atoms with Crippen molar-refractivity contribution in [3.05, 3.63) is 0 Å². The summed E-state index contributed by atoms with van der Waals surface area (Å²) in [6.07, 6.45) is 1.17. The van der Waals surface area contributed by atoms with Crippen LogP contribution in [0.2, 0.25) is 0 Å². The second-order valence-corrected chi connectivity index (χ2v) is 6.06. The molecular weight excluding hydrogens is 222 g/mol. The lowest BCUT2D eigenvalue weighted by atomic mass is 9.62. The lowest BCUT2D eigenvalue weighted by Crippen LogP contribution is -2.46. The molecule has 2 aliphatic rings. The van der Waals surface area contributed by atoms with E-state index < -0.39 is 23.1 Å². The number of carboxylic acids is 1. The van der Waals surface area contributed by atoms with E-state index in [2.05, 4.69) is 0 Å². The maximum atomic E-state index is 11.9. The van der Waals surface area contributed by atoms with Gasteiger partial charge in [0.2, 0.25) is 0 Å². The molecule has 2 atom stereocenters. The Labute approximate surface area is 101 Å². The Morgan fingerprint density at radius 1 is 1.41 bits per heavy atom. The van der Waals surface area contributed by atoms with E-state index >= 15 is 0 Å². The zero-order chi connectivity index (χ0) is 12.8. The summed E-state index contributed by atoms with van der Waals surface area (Å²) >= 11 is 0. The van der Waals surface area contributed by atoms with E-state index in [9.17, 15) is 14.7 Å². The average Bonchev–Trinajstić information content (AvgIpc) is 2.37. The number of fused-ring (bicyclic) bond motifs is 1. The number of hydrogen-bond acceptors (Lipinski definition) is 3. The van der Waals surface area contributed by atoms with E-state index in [0.717, 1.165) is 6.42 Å². The Kier molecular flexibility index (Phi) is 2.60. The second-order valence-electron chi connectivity index (χ2n) is 6.06. The second kappa shape index (κ2) is 3.62. The number of rotatable bonds is 1. The quantitative estimate of drug-likeness (QED) is 0.759. The van der Waals surface area contributed by atoms with Crippen molar-refractivity contribution in [3.8, 4) is 0 Å². The highest BCUT2D eigenvalue weighted by molar-refractivity contribution is 5.79. The number of carbonyl (C=O) groups excluding carboxylic acids is 1. The van der Waals surface area contributed by atoms with Gasteiger partial charge in [0.25, 0.3) is 0 Å². The molecule has 1 saturated heterocycles. The molecule has 1 saturated carbocycles. The van der Waals surface area contributed by atoms with Crippen molar-refractivity contribution >= 4 is 12.1 Å². The smallest absolute Gasteiger partial charge is 0.410 e. The van der Waals surface area contributed by atoms with E-state index in [-0.39, 0.29) is 5.92 Å². The maximum Gasteiger partial charge on any atom is 0.410 e. The van der Waals surface area contributed by atoms with Crippen molar-refractivity contribution in [1.29, 1.82) is 0 Å². The van der Waals surface area contributed by atoms with Crippen LogP contribution in [0, 0.1) is 11.3 Å². The minimum absolute atomic E-state index is 0.104. The standard InChI is InChI=1S/C12H19NO4/c1-11(2,3)17-10(16)13-6-8-4-5-12(8,7-13)9(14)15/h8H,4-7H2,1-3H3,(H,14,15). The molecule has 5 nitrogen and oxygen atoms in total. The summed E-state index contributed by atoms with van der Waals surface area (Å²) in [5.74, 6) is -0.674. The molecule has 1 aliphatic carbocycles. The number of ether oxygens (including phenoxy) is 1. The van der Waals surface area contributed by atoms with Crippen molar-refractivity contribution in [2.24, 2.45) is 11.3 Å². The van der Waals surface area contributed by atoms with Crippen LogP contribution < -0.4 is 0 Å². The molecule has 1 N–H and O–H groups in total. The minimum atomic E-state index is -0.778. The summed E-state index contributed by atoms with van der Waals surface area (Å²) in [6.45, 7) is 6.23. The van der Waals surface area contributed by atoms with Crippen molar-refractivity contribution < 1.29 is 19.4 Å². The van der Waals surface area contributed by atoms with Crippen LogP contribution in [0.3, 0.4) is 0 Å². The Hall–Kier alpha value is -1.26. The molecule has 17 heavy (non-hydrogen) atoms. The molecule has 0 bridgehead atoms. The number of amides is 1. The molecule has 0 aromatic carbocycles.